The lowest BCUT2D eigenvalue weighted by Crippen LogP contribution is -2.39. The van der Waals surface area contributed by atoms with Crippen molar-refractivity contribution < 1.29 is 10.2 Å². The van der Waals surface area contributed by atoms with E-state index in [1.54, 1.807) is 0 Å². The van der Waals surface area contributed by atoms with Crippen molar-refractivity contribution in [2.45, 2.75) is 18.2 Å². The lowest BCUT2D eigenvalue weighted by molar-refractivity contribution is 0.0421. The maximum Gasteiger partial charge on any atom is 0.0976 e. The van der Waals surface area contributed by atoms with E-state index in [2.05, 4.69) is 5.32 Å². The molecule has 1 heterocycles. The molecule has 1 rings (SSSR count). The summed E-state index contributed by atoms with van der Waals surface area (Å²) < 4.78 is 0. The van der Waals surface area contributed by atoms with Crippen LogP contribution in [0, 0.1) is 0 Å². The van der Waals surface area contributed by atoms with Crippen molar-refractivity contribution in [2.75, 3.05) is 13.1 Å². The molecule has 0 amide bonds. The minimum absolute atomic E-state index is 0.125. The zero-order chi connectivity index (χ0) is 6.85. The van der Waals surface area contributed by atoms with Crippen LogP contribution in [0.4, 0.5) is 0 Å². The summed E-state index contributed by atoms with van der Waals surface area (Å²) in [6.45, 7) is 0.821. The molecule has 54 valence electrons. The van der Waals surface area contributed by atoms with Crippen LogP contribution in [0.15, 0.2) is 0 Å². The van der Waals surface area contributed by atoms with Crippen molar-refractivity contribution in [3.63, 3.8) is 0 Å². The van der Waals surface area contributed by atoms with Crippen molar-refractivity contribution in [1.29, 1.82) is 0 Å². The van der Waals surface area contributed by atoms with Crippen LogP contribution < -0.4 is 11.1 Å². The molecule has 0 aliphatic carbocycles. The third-order valence-electron chi connectivity index (χ3n) is 1.65. The van der Waals surface area contributed by atoms with Crippen LogP contribution in [0.25, 0.3) is 0 Å². The van der Waals surface area contributed by atoms with E-state index < -0.39 is 12.2 Å². The predicted octanol–water partition coefficient (Wildman–Crippen LogP) is -2.36. The average molecular weight is 132 g/mol. The second kappa shape index (κ2) is 2.62. The topological polar surface area (TPSA) is 78.5 Å². The number of aliphatic hydroxyl groups is 2. The van der Waals surface area contributed by atoms with E-state index in [4.69, 9.17) is 15.9 Å². The Hall–Kier alpha value is -0.160. The van der Waals surface area contributed by atoms with Gasteiger partial charge in [0.2, 0.25) is 0 Å². The van der Waals surface area contributed by atoms with Gasteiger partial charge in [-0.3, -0.25) is 0 Å². The highest BCUT2D eigenvalue weighted by Crippen LogP contribution is 2.05. The molecule has 0 radical (unpaired) electrons. The maximum atomic E-state index is 9.06. The highest BCUT2D eigenvalue weighted by atomic mass is 16.3. The first-order valence-electron chi connectivity index (χ1n) is 3.05. The summed E-state index contributed by atoms with van der Waals surface area (Å²) >= 11 is 0. The lowest BCUT2D eigenvalue weighted by atomic mass is 10.1. The second-order valence-corrected chi connectivity index (χ2v) is 2.31. The molecule has 1 saturated heterocycles. The van der Waals surface area contributed by atoms with Crippen LogP contribution in [0.1, 0.15) is 0 Å². The Balaban J connectivity index is 2.41. The summed E-state index contributed by atoms with van der Waals surface area (Å²) in [4.78, 5) is 0. The number of nitrogens with two attached hydrogens (primary N) is 1. The van der Waals surface area contributed by atoms with Crippen LogP contribution in [0.2, 0.25) is 0 Å². The highest BCUT2D eigenvalue weighted by Gasteiger charge is 2.31. The summed E-state index contributed by atoms with van der Waals surface area (Å²) in [5.41, 5.74) is 5.25. The zero-order valence-corrected chi connectivity index (χ0v) is 5.12. The Morgan fingerprint density at radius 2 is 2.22 bits per heavy atom. The fourth-order valence-electron chi connectivity index (χ4n) is 1.00. The van der Waals surface area contributed by atoms with E-state index in [9.17, 15) is 0 Å². The normalized spacial score (nSPS) is 43.7. The van der Waals surface area contributed by atoms with Gasteiger partial charge in [-0.1, -0.05) is 0 Å². The third kappa shape index (κ3) is 1.21. The van der Waals surface area contributed by atoms with E-state index >= 15 is 0 Å². The molecule has 9 heavy (non-hydrogen) atoms. The number of rotatable bonds is 1. The van der Waals surface area contributed by atoms with Crippen LogP contribution in [-0.4, -0.2) is 41.6 Å². The molecule has 3 atom stereocenters. The molecular formula is C5H12N2O2. The number of aliphatic hydroxyl groups excluding tert-OH is 2. The summed E-state index contributed by atoms with van der Waals surface area (Å²) in [6, 6.07) is -0.125. The Morgan fingerprint density at radius 3 is 2.44 bits per heavy atom. The Kier molecular flexibility index (Phi) is 2.02. The number of hydrogen-bond acceptors (Lipinski definition) is 4. The summed E-state index contributed by atoms with van der Waals surface area (Å²) in [6.07, 6.45) is -1.33. The van der Waals surface area contributed by atoms with E-state index in [0.717, 1.165) is 0 Å². The van der Waals surface area contributed by atoms with Gasteiger partial charge in [-0.15, -0.1) is 0 Å². The minimum atomic E-state index is -0.685. The Morgan fingerprint density at radius 1 is 1.56 bits per heavy atom. The molecule has 1 aliphatic heterocycles. The minimum Gasteiger partial charge on any atom is -0.389 e. The molecule has 4 nitrogen and oxygen atoms in total. The molecule has 0 bridgehead atoms. The molecule has 1 fully saturated rings. The molecule has 0 unspecified atom stereocenters. The van der Waals surface area contributed by atoms with Crippen molar-refractivity contribution in [3.05, 3.63) is 0 Å². The molecule has 0 aromatic rings. The third-order valence-corrected chi connectivity index (χ3v) is 1.65. The van der Waals surface area contributed by atoms with Crippen LogP contribution in [-0.2, 0) is 0 Å². The Labute approximate surface area is 53.7 Å². The van der Waals surface area contributed by atoms with Gasteiger partial charge >= 0.3 is 0 Å². The van der Waals surface area contributed by atoms with Gasteiger partial charge in [0.25, 0.3) is 0 Å². The standard InChI is InChI=1S/C5H12N2O2/c6-1-3-5(9)4(8)2-7-3/h3-5,7-9H,1-2,6H2/t3-,4+,5+/m0/s1. The lowest BCUT2D eigenvalue weighted by Gasteiger charge is -2.12. The van der Waals surface area contributed by atoms with Gasteiger partial charge in [-0.2, -0.15) is 0 Å². The first kappa shape index (κ1) is 6.95. The number of nitrogens with one attached hydrogen (secondary N) is 1. The zero-order valence-electron chi connectivity index (χ0n) is 5.12. The fraction of sp³-hybridized carbons (Fsp3) is 1.00. The van der Waals surface area contributed by atoms with E-state index in [1.165, 1.54) is 0 Å². The van der Waals surface area contributed by atoms with Gasteiger partial charge in [0, 0.05) is 19.1 Å². The van der Waals surface area contributed by atoms with Gasteiger partial charge in [-0.05, 0) is 0 Å². The summed E-state index contributed by atoms with van der Waals surface area (Å²) in [5, 5.41) is 20.9. The van der Waals surface area contributed by atoms with Crippen LogP contribution >= 0.6 is 0 Å². The monoisotopic (exact) mass is 132 g/mol. The number of β-amino-alcohol motifs (C(OH)–C–C–N with tert-alkyl or cyclic N) is 1. The fourth-order valence-corrected chi connectivity index (χ4v) is 1.00. The molecule has 0 aromatic carbocycles. The van der Waals surface area contributed by atoms with E-state index in [-0.39, 0.29) is 6.04 Å². The summed E-state index contributed by atoms with van der Waals surface area (Å²) in [7, 11) is 0. The van der Waals surface area contributed by atoms with Gasteiger partial charge in [0.05, 0.1) is 12.2 Å². The summed E-state index contributed by atoms with van der Waals surface area (Å²) in [5.74, 6) is 0. The molecule has 0 spiro atoms. The Bertz CT molecular complexity index is 99.0. The molecule has 0 saturated carbocycles. The van der Waals surface area contributed by atoms with Crippen molar-refractivity contribution in [1.82, 2.24) is 5.32 Å². The molecular weight excluding hydrogens is 120 g/mol. The molecule has 5 N–H and O–H groups in total. The molecule has 1 aliphatic rings. The second-order valence-electron chi connectivity index (χ2n) is 2.31. The van der Waals surface area contributed by atoms with E-state index in [0.29, 0.717) is 13.1 Å². The van der Waals surface area contributed by atoms with Crippen molar-refractivity contribution in [3.8, 4) is 0 Å². The largest absolute Gasteiger partial charge is 0.389 e. The van der Waals surface area contributed by atoms with Gasteiger partial charge in [-0.25, -0.2) is 0 Å². The van der Waals surface area contributed by atoms with Gasteiger partial charge in [0.15, 0.2) is 0 Å². The van der Waals surface area contributed by atoms with Crippen molar-refractivity contribution in [2.24, 2.45) is 5.73 Å². The highest BCUT2D eigenvalue weighted by molar-refractivity contribution is 4.90. The quantitative estimate of drug-likeness (QED) is 0.322. The average Bonchev–Trinajstić information content (AvgIpc) is 2.15. The van der Waals surface area contributed by atoms with Gasteiger partial charge in [0.1, 0.15) is 0 Å². The molecule has 4 heteroatoms. The van der Waals surface area contributed by atoms with Crippen LogP contribution in [0.3, 0.4) is 0 Å². The SMILES string of the molecule is NC[C@@H]1NC[C@@H](O)[C@@H]1O. The first-order valence-corrected chi connectivity index (χ1v) is 3.05. The van der Waals surface area contributed by atoms with Gasteiger partial charge < -0.3 is 21.3 Å². The predicted molar refractivity (Wildman–Crippen MR) is 32.9 cm³/mol. The first-order chi connectivity index (χ1) is 4.25. The number of hydrogen-bond donors (Lipinski definition) is 4. The maximum absolute atomic E-state index is 9.06. The smallest absolute Gasteiger partial charge is 0.0976 e. The van der Waals surface area contributed by atoms with E-state index in [1.807, 2.05) is 0 Å². The van der Waals surface area contributed by atoms with Crippen LogP contribution in [0.5, 0.6) is 0 Å². The van der Waals surface area contributed by atoms with Crippen molar-refractivity contribution >= 4 is 0 Å². The molecule has 0 aromatic heterocycles.